The molecule has 0 bridgehead atoms. The number of hydrogen-bond acceptors (Lipinski definition) is 6. The Bertz CT molecular complexity index is 1100. The molecule has 3 rings (SSSR count). The first-order valence-electron chi connectivity index (χ1n) is 9.82. The number of nitro benzene ring substituents is 1. The van der Waals surface area contributed by atoms with Crippen molar-refractivity contribution in [2.45, 2.75) is 17.4 Å². The fourth-order valence-electron chi connectivity index (χ4n) is 3.50. The quantitative estimate of drug-likeness (QED) is 0.466. The predicted molar refractivity (Wildman–Crippen MR) is 115 cm³/mol. The van der Waals surface area contributed by atoms with E-state index in [4.69, 9.17) is 5.73 Å². The van der Waals surface area contributed by atoms with Gasteiger partial charge in [0.1, 0.15) is 0 Å². The van der Waals surface area contributed by atoms with Crippen LogP contribution in [0.5, 0.6) is 0 Å². The molecule has 170 valence electrons. The first-order valence-corrected chi connectivity index (χ1v) is 11.3. The Labute approximate surface area is 185 Å². The lowest BCUT2D eigenvalue weighted by molar-refractivity contribution is -0.385. The van der Waals surface area contributed by atoms with Gasteiger partial charge in [0.15, 0.2) is 0 Å². The van der Waals surface area contributed by atoms with Crippen molar-refractivity contribution in [1.29, 1.82) is 0 Å². The summed E-state index contributed by atoms with van der Waals surface area (Å²) in [7, 11) is -3.93. The van der Waals surface area contributed by atoms with Gasteiger partial charge in [-0.25, -0.2) is 13.2 Å². The number of nitrogens with one attached hydrogen (secondary N) is 1. The van der Waals surface area contributed by atoms with Gasteiger partial charge in [0.05, 0.1) is 22.3 Å². The topological polar surface area (TPSA) is 156 Å². The summed E-state index contributed by atoms with van der Waals surface area (Å²) in [6.07, 6.45) is -0.0232. The Morgan fingerprint density at radius 1 is 1.06 bits per heavy atom. The van der Waals surface area contributed by atoms with Crippen molar-refractivity contribution in [3.05, 3.63) is 70.3 Å². The highest BCUT2D eigenvalue weighted by molar-refractivity contribution is 7.89. The Morgan fingerprint density at radius 2 is 1.72 bits per heavy atom. The average molecular weight is 462 g/mol. The van der Waals surface area contributed by atoms with E-state index in [0.717, 1.165) is 11.6 Å². The Kier molecular flexibility index (Phi) is 7.05. The second-order valence-corrected chi connectivity index (χ2v) is 9.15. The fourth-order valence-corrected chi connectivity index (χ4v) is 4.96. The molecule has 1 fully saturated rings. The number of sulfonamides is 1. The standard InChI is InChI=1S/C20H23N5O6S/c21-20(27)22-18(15-5-2-1-3-6-15)14-19(26)23-9-11-24(12-10-23)32(30,31)17-8-4-7-16(13-17)25(28)29/h1-8,13,18H,9-12,14H2,(H3,21,22,27). The number of primary amides is 1. The van der Waals surface area contributed by atoms with Gasteiger partial charge in [-0.05, 0) is 11.6 Å². The predicted octanol–water partition coefficient (Wildman–Crippen LogP) is 1.23. The highest BCUT2D eigenvalue weighted by Gasteiger charge is 2.31. The third-order valence-electron chi connectivity index (χ3n) is 5.15. The van der Waals surface area contributed by atoms with Crippen LogP contribution in [0.15, 0.2) is 59.5 Å². The van der Waals surface area contributed by atoms with E-state index in [1.165, 1.54) is 27.4 Å². The SMILES string of the molecule is NC(=O)NC(CC(=O)N1CCN(S(=O)(=O)c2cccc([N+](=O)[O-])c2)CC1)c1ccccc1. The minimum Gasteiger partial charge on any atom is -0.352 e. The first kappa shape index (κ1) is 23.2. The maximum Gasteiger partial charge on any atom is 0.312 e. The van der Waals surface area contributed by atoms with Gasteiger partial charge in [-0.1, -0.05) is 36.4 Å². The van der Waals surface area contributed by atoms with Crippen LogP contribution < -0.4 is 11.1 Å². The Balaban J connectivity index is 1.65. The van der Waals surface area contributed by atoms with E-state index in [-0.39, 0.29) is 49.1 Å². The number of nitrogens with two attached hydrogens (primary N) is 1. The molecular weight excluding hydrogens is 438 g/mol. The zero-order valence-electron chi connectivity index (χ0n) is 17.1. The maximum atomic E-state index is 12.9. The van der Waals surface area contributed by atoms with Crippen molar-refractivity contribution in [2.75, 3.05) is 26.2 Å². The Morgan fingerprint density at radius 3 is 2.31 bits per heavy atom. The number of piperazine rings is 1. The minimum atomic E-state index is -3.93. The zero-order valence-corrected chi connectivity index (χ0v) is 17.9. The van der Waals surface area contributed by atoms with Gasteiger partial charge >= 0.3 is 6.03 Å². The number of non-ortho nitro benzene ring substituents is 1. The highest BCUT2D eigenvalue weighted by atomic mass is 32.2. The lowest BCUT2D eigenvalue weighted by atomic mass is 10.0. The van der Waals surface area contributed by atoms with E-state index >= 15 is 0 Å². The van der Waals surface area contributed by atoms with E-state index in [0.29, 0.717) is 0 Å². The largest absolute Gasteiger partial charge is 0.352 e. The molecule has 1 aliphatic rings. The molecule has 0 aliphatic carbocycles. The van der Waals surface area contributed by atoms with Crippen LogP contribution in [0.2, 0.25) is 0 Å². The van der Waals surface area contributed by atoms with Gasteiger partial charge in [0.25, 0.3) is 5.69 Å². The number of benzene rings is 2. The van der Waals surface area contributed by atoms with Gasteiger partial charge in [-0.15, -0.1) is 0 Å². The first-order chi connectivity index (χ1) is 15.2. The second-order valence-electron chi connectivity index (χ2n) is 7.22. The number of amides is 3. The molecule has 32 heavy (non-hydrogen) atoms. The van der Waals surface area contributed by atoms with Crippen LogP contribution in [0.1, 0.15) is 18.0 Å². The van der Waals surface area contributed by atoms with Crippen LogP contribution in [0.4, 0.5) is 10.5 Å². The molecule has 1 aliphatic heterocycles. The van der Waals surface area contributed by atoms with Crippen molar-refractivity contribution in [1.82, 2.24) is 14.5 Å². The fraction of sp³-hybridized carbons (Fsp3) is 0.300. The number of carbonyl (C=O) groups is 2. The zero-order chi connectivity index (χ0) is 23.3. The summed E-state index contributed by atoms with van der Waals surface area (Å²) in [5.41, 5.74) is 5.66. The van der Waals surface area contributed by atoms with Gasteiger partial charge in [0, 0.05) is 38.3 Å². The van der Waals surface area contributed by atoms with Gasteiger partial charge < -0.3 is 16.0 Å². The van der Waals surface area contributed by atoms with Crippen molar-refractivity contribution in [2.24, 2.45) is 5.73 Å². The van der Waals surface area contributed by atoms with E-state index in [9.17, 15) is 28.1 Å². The molecule has 12 heteroatoms. The molecule has 3 N–H and O–H groups in total. The molecule has 11 nitrogen and oxygen atoms in total. The monoisotopic (exact) mass is 461 g/mol. The molecule has 1 saturated heterocycles. The number of carbonyl (C=O) groups excluding carboxylic acids is 2. The van der Waals surface area contributed by atoms with E-state index < -0.39 is 27.0 Å². The van der Waals surface area contributed by atoms with E-state index in [1.807, 2.05) is 6.07 Å². The molecule has 0 spiro atoms. The molecule has 1 unspecified atom stereocenters. The summed E-state index contributed by atoms with van der Waals surface area (Å²) in [4.78, 5) is 35.8. The van der Waals surface area contributed by atoms with Crippen LogP contribution in [0, 0.1) is 10.1 Å². The molecular formula is C20H23N5O6S. The van der Waals surface area contributed by atoms with Crippen molar-refractivity contribution < 1.29 is 22.9 Å². The number of urea groups is 1. The van der Waals surface area contributed by atoms with Gasteiger partial charge in [-0.3, -0.25) is 14.9 Å². The minimum absolute atomic E-state index is 0.0232. The molecule has 0 aromatic heterocycles. The molecule has 1 atom stereocenters. The van der Waals surface area contributed by atoms with E-state index in [1.54, 1.807) is 24.3 Å². The maximum absolute atomic E-state index is 12.9. The summed E-state index contributed by atoms with van der Waals surface area (Å²) < 4.78 is 26.9. The molecule has 0 saturated carbocycles. The van der Waals surface area contributed by atoms with Crippen molar-refractivity contribution >= 4 is 27.6 Å². The highest BCUT2D eigenvalue weighted by Crippen LogP contribution is 2.23. The summed E-state index contributed by atoms with van der Waals surface area (Å²) in [6, 6.07) is 12.4. The number of nitrogens with zero attached hydrogens (tertiary/aromatic N) is 3. The van der Waals surface area contributed by atoms with E-state index in [2.05, 4.69) is 5.32 Å². The number of nitro groups is 1. The van der Waals surface area contributed by atoms with Crippen LogP contribution in [-0.2, 0) is 14.8 Å². The third-order valence-corrected chi connectivity index (χ3v) is 7.05. The van der Waals surface area contributed by atoms with Crippen LogP contribution in [0.3, 0.4) is 0 Å². The van der Waals surface area contributed by atoms with Crippen LogP contribution in [0.25, 0.3) is 0 Å². The lowest BCUT2D eigenvalue weighted by Crippen LogP contribution is -2.51. The van der Waals surface area contributed by atoms with Crippen molar-refractivity contribution in [3.63, 3.8) is 0 Å². The third kappa shape index (κ3) is 5.39. The van der Waals surface area contributed by atoms with Crippen LogP contribution in [-0.4, -0.2) is 60.7 Å². The Hall–Kier alpha value is -3.51. The summed E-state index contributed by atoms with van der Waals surface area (Å²) in [6.45, 7) is 0.419. The average Bonchev–Trinajstić information content (AvgIpc) is 2.79. The lowest BCUT2D eigenvalue weighted by Gasteiger charge is -2.34. The molecule has 2 aromatic carbocycles. The summed E-state index contributed by atoms with van der Waals surface area (Å²) in [5.74, 6) is -0.250. The molecule has 3 amide bonds. The smallest absolute Gasteiger partial charge is 0.312 e. The molecule has 2 aromatic rings. The summed E-state index contributed by atoms with van der Waals surface area (Å²) >= 11 is 0. The van der Waals surface area contributed by atoms with Crippen molar-refractivity contribution in [3.8, 4) is 0 Å². The normalized spacial score (nSPS) is 15.7. The van der Waals surface area contributed by atoms with Gasteiger partial charge in [0.2, 0.25) is 15.9 Å². The number of rotatable bonds is 7. The summed E-state index contributed by atoms with van der Waals surface area (Å²) in [5, 5.41) is 13.5. The molecule has 1 heterocycles. The molecule has 0 radical (unpaired) electrons. The van der Waals surface area contributed by atoms with Crippen LogP contribution >= 0.6 is 0 Å². The van der Waals surface area contributed by atoms with Gasteiger partial charge in [-0.2, -0.15) is 4.31 Å². The number of hydrogen-bond donors (Lipinski definition) is 2. The second kappa shape index (κ2) is 9.75.